The van der Waals surface area contributed by atoms with Crippen molar-refractivity contribution in [1.29, 1.82) is 0 Å². The predicted octanol–water partition coefficient (Wildman–Crippen LogP) is 3.65. The van der Waals surface area contributed by atoms with E-state index in [0.717, 1.165) is 16.9 Å². The molecule has 29 heavy (non-hydrogen) atoms. The van der Waals surface area contributed by atoms with Crippen LogP contribution in [-0.4, -0.2) is 49.4 Å². The molecule has 2 aromatic carbocycles. The van der Waals surface area contributed by atoms with E-state index in [0.29, 0.717) is 26.2 Å². The monoisotopic (exact) mass is 397 g/mol. The Kier molecular flexibility index (Phi) is 6.52. The molecule has 0 spiro atoms. The van der Waals surface area contributed by atoms with Crippen molar-refractivity contribution in [2.75, 3.05) is 42.5 Å². The first kappa shape index (κ1) is 20.8. The molecule has 1 fully saturated rings. The molecular formula is C23H28FN3O2. The van der Waals surface area contributed by atoms with Crippen molar-refractivity contribution in [2.45, 2.75) is 26.7 Å². The quantitative estimate of drug-likeness (QED) is 0.774. The number of benzene rings is 2. The van der Waals surface area contributed by atoms with E-state index in [1.807, 2.05) is 24.3 Å². The summed E-state index contributed by atoms with van der Waals surface area (Å²) in [6.45, 7) is 8.20. The van der Waals surface area contributed by atoms with E-state index in [1.165, 1.54) is 19.1 Å². The lowest BCUT2D eigenvalue weighted by molar-refractivity contribution is -0.131. The highest BCUT2D eigenvalue weighted by Crippen LogP contribution is 2.27. The largest absolute Gasteiger partial charge is 0.368 e. The van der Waals surface area contributed by atoms with Crippen LogP contribution in [0, 0.1) is 5.82 Å². The van der Waals surface area contributed by atoms with Gasteiger partial charge in [-0.05, 0) is 41.8 Å². The SMILES string of the molecule is CC(=O)N(CC(=O)N1CCN(c2ccc(F)cc2)CC1)c1ccccc1C(C)C. The highest BCUT2D eigenvalue weighted by Gasteiger charge is 2.25. The molecule has 0 bridgehead atoms. The molecule has 6 heteroatoms. The summed E-state index contributed by atoms with van der Waals surface area (Å²) >= 11 is 0. The third-order valence-corrected chi connectivity index (χ3v) is 5.35. The van der Waals surface area contributed by atoms with Crippen LogP contribution in [0.4, 0.5) is 15.8 Å². The van der Waals surface area contributed by atoms with Crippen molar-refractivity contribution in [3.8, 4) is 0 Å². The van der Waals surface area contributed by atoms with Gasteiger partial charge < -0.3 is 14.7 Å². The van der Waals surface area contributed by atoms with Crippen LogP contribution < -0.4 is 9.80 Å². The Morgan fingerprint density at radius 1 is 1.00 bits per heavy atom. The second-order valence-electron chi connectivity index (χ2n) is 7.66. The topological polar surface area (TPSA) is 43.9 Å². The maximum atomic E-state index is 13.1. The zero-order valence-corrected chi connectivity index (χ0v) is 17.3. The first-order valence-corrected chi connectivity index (χ1v) is 10.0. The van der Waals surface area contributed by atoms with Crippen LogP contribution in [0.25, 0.3) is 0 Å². The molecule has 1 saturated heterocycles. The first-order valence-electron chi connectivity index (χ1n) is 10.0. The third-order valence-electron chi connectivity index (χ3n) is 5.35. The summed E-state index contributed by atoms with van der Waals surface area (Å²) in [7, 11) is 0. The van der Waals surface area contributed by atoms with Gasteiger partial charge in [-0.15, -0.1) is 0 Å². The Labute approximate surface area is 171 Å². The fourth-order valence-corrected chi connectivity index (χ4v) is 3.69. The molecule has 0 atom stereocenters. The average molecular weight is 397 g/mol. The Balaban J connectivity index is 1.66. The number of carbonyl (C=O) groups excluding carboxylic acids is 2. The fourth-order valence-electron chi connectivity index (χ4n) is 3.69. The highest BCUT2D eigenvalue weighted by atomic mass is 19.1. The number of nitrogens with zero attached hydrogens (tertiary/aromatic N) is 3. The van der Waals surface area contributed by atoms with Gasteiger partial charge in [0.05, 0.1) is 0 Å². The normalized spacial score (nSPS) is 14.2. The van der Waals surface area contributed by atoms with Crippen LogP contribution in [0.3, 0.4) is 0 Å². The fraction of sp³-hybridized carbons (Fsp3) is 0.391. The first-order chi connectivity index (χ1) is 13.9. The van der Waals surface area contributed by atoms with E-state index in [1.54, 1.807) is 21.9 Å². The summed E-state index contributed by atoms with van der Waals surface area (Å²) in [6, 6.07) is 14.2. The minimum absolute atomic E-state index is 0.0373. The zero-order chi connectivity index (χ0) is 21.0. The molecule has 1 aliphatic heterocycles. The van der Waals surface area contributed by atoms with Gasteiger partial charge in [0.25, 0.3) is 0 Å². The molecule has 3 rings (SSSR count). The van der Waals surface area contributed by atoms with Crippen LogP contribution in [0.5, 0.6) is 0 Å². The minimum Gasteiger partial charge on any atom is -0.368 e. The molecule has 1 aliphatic rings. The van der Waals surface area contributed by atoms with E-state index in [9.17, 15) is 14.0 Å². The van der Waals surface area contributed by atoms with Crippen LogP contribution >= 0.6 is 0 Å². The summed E-state index contributed by atoms with van der Waals surface area (Å²) in [5, 5.41) is 0. The van der Waals surface area contributed by atoms with Crippen molar-refractivity contribution in [3.05, 3.63) is 59.9 Å². The number of carbonyl (C=O) groups is 2. The van der Waals surface area contributed by atoms with Crippen LogP contribution in [0.1, 0.15) is 32.3 Å². The number of amides is 2. The van der Waals surface area contributed by atoms with E-state index >= 15 is 0 Å². The van der Waals surface area contributed by atoms with E-state index in [2.05, 4.69) is 18.7 Å². The number of para-hydroxylation sites is 1. The molecule has 0 unspecified atom stereocenters. The van der Waals surface area contributed by atoms with Gasteiger partial charge in [-0.1, -0.05) is 32.0 Å². The van der Waals surface area contributed by atoms with E-state index in [-0.39, 0.29) is 30.1 Å². The lowest BCUT2D eigenvalue weighted by atomic mass is 10.0. The lowest BCUT2D eigenvalue weighted by Crippen LogP contribution is -2.52. The second-order valence-corrected chi connectivity index (χ2v) is 7.66. The Bertz CT molecular complexity index is 859. The maximum absolute atomic E-state index is 13.1. The molecule has 5 nitrogen and oxygen atoms in total. The van der Waals surface area contributed by atoms with Crippen molar-refractivity contribution < 1.29 is 14.0 Å². The molecule has 2 amide bonds. The minimum atomic E-state index is -0.256. The molecule has 0 saturated carbocycles. The molecule has 0 radical (unpaired) electrons. The molecule has 0 N–H and O–H groups in total. The number of piperazine rings is 1. The third kappa shape index (κ3) is 4.94. The average Bonchev–Trinajstić information content (AvgIpc) is 2.72. The van der Waals surface area contributed by atoms with E-state index in [4.69, 9.17) is 0 Å². The van der Waals surface area contributed by atoms with Crippen molar-refractivity contribution in [2.24, 2.45) is 0 Å². The molecular weight excluding hydrogens is 369 g/mol. The molecule has 2 aromatic rings. The molecule has 1 heterocycles. The summed E-state index contributed by atoms with van der Waals surface area (Å²) in [5.74, 6) is -0.204. The summed E-state index contributed by atoms with van der Waals surface area (Å²) in [6.07, 6.45) is 0. The van der Waals surface area contributed by atoms with Gasteiger partial charge in [-0.25, -0.2) is 4.39 Å². The van der Waals surface area contributed by atoms with E-state index < -0.39 is 0 Å². The Morgan fingerprint density at radius 3 is 2.21 bits per heavy atom. The number of anilines is 2. The van der Waals surface area contributed by atoms with Gasteiger partial charge in [0.2, 0.25) is 11.8 Å². The van der Waals surface area contributed by atoms with Crippen LogP contribution in [0.2, 0.25) is 0 Å². The summed E-state index contributed by atoms with van der Waals surface area (Å²) < 4.78 is 13.1. The summed E-state index contributed by atoms with van der Waals surface area (Å²) in [5.41, 5.74) is 2.81. The molecule has 0 aromatic heterocycles. The van der Waals surface area contributed by atoms with Gasteiger partial charge in [0, 0.05) is 44.5 Å². The highest BCUT2D eigenvalue weighted by molar-refractivity contribution is 5.98. The van der Waals surface area contributed by atoms with Crippen molar-refractivity contribution in [1.82, 2.24) is 4.90 Å². The number of hydrogen-bond donors (Lipinski definition) is 0. The molecule has 154 valence electrons. The Morgan fingerprint density at radius 2 is 1.62 bits per heavy atom. The lowest BCUT2D eigenvalue weighted by Gasteiger charge is -2.37. The number of rotatable bonds is 5. The van der Waals surface area contributed by atoms with Crippen molar-refractivity contribution in [3.63, 3.8) is 0 Å². The summed E-state index contributed by atoms with van der Waals surface area (Å²) in [4.78, 5) is 30.7. The number of hydrogen-bond acceptors (Lipinski definition) is 3. The van der Waals surface area contributed by atoms with Crippen LogP contribution in [0.15, 0.2) is 48.5 Å². The van der Waals surface area contributed by atoms with Crippen molar-refractivity contribution >= 4 is 23.2 Å². The maximum Gasteiger partial charge on any atom is 0.242 e. The second kappa shape index (κ2) is 9.07. The van der Waals surface area contributed by atoms with Gasteiger partial charge >= 0.3 is 0 Å². The van der Waals surface area contributed by atoms with Gasteiger partial charge in [0.15, 0.2) is 0 Å². The van der Waals surface area contributed by atoms with Gasteiger partial charge in [-0.3, -0.25) is 9.59 Å². The number of halogens is 1. The smallest absolute Gasteiger partial charge is 0.242 e. The van der Waals surface area contributed by atoms with Crippen LogP contribution in [-0.2, 0) is 9.59 Å². The zero-order valence-electron chi connectivity index (χ0n) is 17.3. The van der Waals surface area contributed by atoms with Gasteiger partial charge in [0.1, 0.15) is 12.4 Å². The van der Waals surface area contributed by atoms with Gasteiger partial charge in [-0.2, -0.15) is 0 Å². The predicted molar refractivity (Wildman–Crippen MR) is 114 cm³/mol. The standard InChI is InChI=1S/C23H28FN3O2/c1-17(2)21-6-4-5-7-22(21)27(18(3)28)16-23(29)26-14-12-25(13-15-26)20-10-8-19(24)9-11-20/h4-11,17H,12-16H2,1-3H3. The molecule has 0 aliphatic carbocycles. The Hall–Kier alpha value is -2.89.